The molecule has 0 spiro atoms. The summed E-state index contributed by atoms with van der Waals surface area (Å²) < 4.78 is 0. The van der Waals surface area contributed by atoms with Crippen molar-refractivity contribution in [3.05, 3.63) is 35.9 Å². The number of carboxylic acid groups (broad SMARTS) is 1. The fraction of sp³-hybridized carbons (Fsp3) is 0.588. The Morgan fingerprint density at radius 2 is 1.67 bits per heavy atom. The van der Waals surface area contributed by atoms with Gasteiger partial charge in [0, 0.05) is 32.7 Å². The second-order valence-corrected chi connectivity index (χ2v) is 6.29. The molecular weight excluding hydrogens is 264 g/mol. The van der Waals surface area contributed by atoms with Gasteiger partial charge in [-0.15, -0.1) is 0 Å². The van der Waals surface area contributed by atoms with Gasteiger partial charge in [0.15, 0.2) is 0 Å². The van der Waals surface area contributed by atoms with Gasteiger partial charge >= 0.3 is 5.97 Å². The smallest absolute Gasteiger partial charge is 0.324 e. The maximum atomic E-state index is 11.7. The highest BCUT2D eigenvalue weighted by molar-refractivity contribution is 5.79. The van der Waals surface area contributed by atoms with E-state index >= 15 is 0 Å². The van der Waals surface area contributed by atoms with Crippen molar-refractivity contribution in [1.82, 2.24) is 9.80 Å². The summed E-state index contributed by atoms with van der Waals surface area (Å²) in [6.07, 6.45) is 3.75. The number of piperazine rings is 1. The third-order valence-electron chi connectivity index (χ3n) is 5.06. The Bertz CT molecular complexity index is 475. The predicted molar refractivity (Wildman–Crippen MR) is 82.1 cm³/mol. The van der Waals surface area contributed by atoms with E-state index in [2.05, 4.69) is 34.1 Å². The van der Waals surface area contributed by atoms with E-state index < -0.39 is 11.5 Å². The molecule has 1 aliphatic heterocycles. The fourth-order valence-corrected chi connectivity index (χ4v) is 3.80. The molecule has 1 aromatic carbocycles. The Labute approximate surface area is 126 Å². The molecule has 1 N–H and O–H groups in total. The van der Waals surface area contributed by atoms with Crippen LogP contribution in [0.2, 0.25) is 0 Å². The summed E-state index contributed by atoms with van der Waals surface area (Å²) in [6.45, 7) is 4.64. The minimum absolute atomic E-state index is 0.571. The van der Waals surface area contributed by atoms with Crippen LogP contribution in [0.3, 0.4) is 0 Å². The number of hydrogen-bond donors (Lipinski definition) is 1. The molecule has 3 rings (SSSR count). The zero-order valence-electron chi connectivity index (χ0n) is 12.5. The van der Waals surface area contributed by atoms with Crippen LogP contribution in [0.4, 0.5) is 0 Å². The Kier molecular flexibility index (Phi) is 4.27. The number of nitrogens with zero attached hydrogens (tertiary/aromatic N) is 2. The van der Waals surface area contributed by atoms with Crippen LogP contribution in [-0.2, 0) is 11.3 Å². The summed E-state index contributed by atoms with van der Waals surface area (Å²) in [5.41, 5.74) is 0.763. The van der Waals surface area contributed by atoms with E-state index in [0.717, 1.165) is 58.4 Å². The lowest BCUT2D eigenvalue weighted by Gasteiger charge is -2.43. The topological polar surface area (TPSA) is 43.8 Å². The van der Waals surface area contributed by atoms with Crippen LogP contribution in [0.25, 0.3) is 0 Å². The highest BCUT2D eigenvalue weighted by atomic mass is 16.4. The average molecular weight is 288 g/mol. The van der Waals surface area contributed by atoms with E-state index in [9.17, 15) is 9.90 Å². The van der Waals surface area contributed by atoms with Crippen LogP contribution >= 0.6 is 0 Å². The van der Waals surface area contributed by atoms with Crippen molar-refractivity contribution in [2.24, 2.45) is 0 Å². The van der Waals surface area contributed by atoms with E-state index in [4.69, 9.17) is 0 Å². The normalized spacial score (nSPS) is 23.2. The lowest BCUT2D eigenvalue weighted by molar-refractivity contribution is -0.152. The lowest BCUT2D eigenvalue weighted by Crippen LogP contribution is -2.59. The molecule has 1 saturated carbocycles. The number of carbonyl (C=O) groups is 1. The van der Waals surface area contributed by atoms with Crippen molar-refractivity contribution in [2.75, 3.05) is 26.2 Å². The third kappa shape index (κ3) is 2.97. The quantitative estimate of drug-likeness (QED) is 0.922. The first-order valence-electron chi connectivity index (χ1n) is 7.95. The summed E-state index contributed by atoms with van der Waals surface area (Å²) in [4.78, 5) is 16.4. The van der Waals surface area contributed by atoms with E-state index in [1.807, 2.05) is 6.07 Å². The van der Waals surface area contributed by atoms with Crippen LogP contribution in [0, 0.1) is 0 Å². The predicted octanol–water partition coefficient (Wildman–Crippen LogP) is 2.20. The zero-order chi connectivity index (χ0) is 14.7. The molecule has 1 aliphatic carbocycles. The molecule has 4 heteroatoms. The first-order valence-corrected chi connectivity index (χ1v) is 7.95. The standard InChI is InChI=1S/C17H24N2O2/c20-16(21)17(8-4-5-9-17)19-12-10-18(11-13-19)14-15-6-2-1-3-7-15/h1-3,6-7H,4-5,8-14H2,(H,20,21). The molecule has 21 heavy (non-hydrogen) atoms. The van der Waals surface area contributed by atoms with Crippen molar-refractivity contribution < 1.29 is 9.90 Å². The molecule has 0 aromatic heterocycles. The van der Waals surface area contributed by atoms with Gasteiger partial charge in [-0.2, -0.15) is 0 Å². The van der Waals surface area contributed by atoms with Gasteiger partial charge in [0.05, 0.1) is 0 Å². The minimum Gasteiger partial charge on any atom is -0.480 e. The Hall–Kier alpha value is -1.39. The SMILES string of the molecule is O=C(O)C1(N2CCN(Cc3ccccc3)CC2)CCCC1. The second kappa shape index (κ2) is 6.16. The molecule has 1 heterocycles. The zero-order valence-corrected chi connectivity index (χ0v) is 12.5. The number of carboxylic acids is 1. The molecule has 0 unspecified atom stereocenters. The van der Waals surface area contributed by atoms with Crippen molar-refractivity contribution in [3.63, 3.8) is 0 Å². The number of benzene rings is 1. The summed E-state index contributed by atoms with van der Waals surface area (Å²) >= 11 is 0. The molecule has 0 radical (unpaired) electrons. The molecule has 4 nitrogen and oxygen atoms in total. The van der Waals surface area contributed by atoms with E-state index in [-0.39, 0.29) is 0 Å². The molecule has 2 aliphatic rings. The maximum absolute atomic E-state index is 11.7. The van der Waals surface area contributed by atoms with Crippen molar-refractivity contribution in [3.8, 4) is 0 Å². The van der Waals surface area contributed by atoms with Crippen molar-refractivity contribution >= 4 is 5.97 Å². The van der Waals surface area contributed by atoms with Gasteiger partial charge in [0.25, 0.3) is 0 Å². The Balaban J connectivity index is 1.59. The van der Waals surface area contributed by atoms with Gasteiger partial charge in [0.2, 0.25) is 0 Å². The second-order valence-electron chi connectivity index (χ2n) is 6.29. The first-order chi connectivity index (χ1) is 10.2. The largest absolute Gasteiger partial charge is 0.480 e. The van der Waals surface area contributed by atoms with Crippen LogP contribution < -0.4 is 0 Å². The van der Waals surface area contributed by atoms with Gasteiger partial charge in [-0.3, -0.25) is 14.6 Å². The highest BCUT2D eigenvalue weighted by Crippen LogP contribution is 2.36. The first kappa shape index (κ1) is 14.5. The Morgan fingerprint density at radius 3 is 2.24 bits per heavy atom. The maximum Gasteiger partial charge on any atom is 0.324 e. The van der Waals surface area contributed by atoms with E-state index in [0.29, 0.717) is 0 Å². The van der Waals surface area contributed by atoms with Gasteiger partial charge in [-0.1, -0.05) is 43.2 Å². The van der Waals surface area contributed by atoms with Gasteiger partial charge in [-0.25, -0.2) is 0 Å². The van der Waals surface area contributed by atoms with Crippen LogP contribution in [0.15, 0.2) is 30.3 Å². The monoisotopic (exact) mass is 288 g/mol. The van der Waals surface area contributed by atoms with Gasteiger partial charge in [-0.05, 0) is 18.4 Å². The van der Waals surface area contributed by atoms with Crippen molar-refractivity contribution in [2.45, 2.75) is 37.8 Å². The fourth-order valence-electron chi connectivity index (χ4n) is 3.80. The van der Waals surface area contributed by atoms with Crippen LogP contribution in [0.1, 0.15) is 31.2 Å². The highest BCUT2D eigenvalue weighted by Gasteiger charge is 2.46. The molecular formula is C17H24N2O2. The molecule has 1 saturated heterocycles. The van der Waals surface area contributed by atoms with Crippen molar-refractivity contribution in [1.29, 1.82) is 0 Å². The number of rotatable bonds is 4. The summed E-state index contributed by atoms with van der Waals surface area (Å²) in [7, 11) is 0. The summed E-state index contributed by atoms with van der Waals surface area (Å²) in [5, 5.41) is 9.66. The average Bonchev–Trinajstić information content (AvgIpc) is 3.00. The summed E-state index contributed by atoms with van der Waals surface area (Å²) in [6, 6.07) is 10.5. The molecule has 0 atom stereocenters. The minimum atomic E-state index is -0.614. The van der Waals surface area contributed by atoms with E-state index in [1.54, 1.807) is 0 Å². The van der Waals surface area contributed by atoms with Gasteiger partial charge in [0.1, 0.15) is 5.54 Å². The third-order valence-corrected chi connectivity index (χ3v) is 5.06. The molecule has 0 amide bonds. The van der Waals surface area contributed by atoms with Crippen LogP contribution in [-0.4, -0.2) is 52.6 Å². The lowest BCUT2D eigenvalue weighted by atomic mass is 9.94. The summed E-state index contributed by atoms with van der Waals surface area (Å²) in [5.74, 6) is -0.614. The molecule has 114 valence electrons. The number of aliphatic carboxylic acids is 1. The number of hydrogen-bond acceptors (Lipinski definition) is 3. The van der Waals surface area contributed by atoms with Crippen LogP contribution in [0.5, 0.6) is 0 Å². The molecule has 0 bridgehead atoms. The molecule has 1 aromatic rings. The Morgan fingerprint density at radius 1 is 1.05 bits per heavy atom. The molecule has 2 fully saturated rings. The van der Waals surface area contributed by atoms with Gasteiger partial charge < -0.3 is 5.11 Å². The van der Waals surface area contributed by atoms with E-state index in [1.165, 1.54) is 5.56 Å².